The summed E-state index contributed by atoms with van der Waals surface area (Å²) in [6.07, 6.45) is 3.78. The standard InChI is InChI=1S/C18H23N7O/c1-23-18(9-19)16(10-20-23)17-13-25(22-21-17)12-15-11-24(7-8-26-15)14-5-3-2-4-6-14/h2-6,10,13,15H,7-9,11-12,19H2,1H3. The van der Waals surface area contributed by atoms with Gasteiger partial charge in [0.05, 0.1) is 37.3 Å². The van der Waals surface area contributed by atoms with Gasteiger partial charge >= 0.3 is 0 Å². The smallest absolute Gasteiger partial charge is 0.116 e. The van der Waals surface area contributed by atoms with Gasteiger partial charge in [-0.1, -0.05) is 23.4 Å². The van der Waals surface area contributed by atoms with Gasteiger partial charge in [0.1, 0.15) is 5.69 Å². The molecule has 0 aliphatic carbocycles. The molecule has 0 radical (unpaired) electrons. The second-order valence-corrected chi connectivity index (χ2v) is 6.43. The highest BCUT2D eigenvalue weighted by molar-refractivity contribution is 5.59. The lowest BCUT2D eigenvalue weighted by atomic mass is 10.2. The number of nitrogens with zero attached hydrogens (tertiary/aromatic N) is 6. The molecule has 2 aromatic heterocycles. The van der Waals surface area contributed by atoms with Crippen molar-refractivity contribution in [3.8, 4) is 11.3 Å². The average Bonchev–Trinajstić information content (AvgIpc) is 3.28. The van der Waals surface area contributed by atoms with E-state index in [4.69, 9.17) is 10.5 Å². The van der Waals surface area contributed by atoms with Crippen LogP contribution in [0, 0.1) is 0 Å². The third kappa shape index (κ3) is 3.33. The Kier molecular flexibility index (Phi) is 4.68. The predicted octanol–water partition coefficient (Wildman–Crippen LogP) is 1.04. The molecule has 0 bridgehead atoms. The van der Waals surface area contributed by atoms with Gasteiger partial charge in [-0.05, 0) is 12.1 Å². The lowest BCUT2D eigenvalue weighted by molar-refractivity contribution is 0.0271. The van der Waals surface area contributed by atoms with E-state index in [1.165, 1.54) is 5.69 Å². The van der Waals surface area contributed by atoms with Crippen molar-refractivity contribution in [3.05, 3.63) is 48.4 Å². The molecule has 0 spiro atoms. The summed E-state index contributed by atoms with van der Waals surface area (Å²) in [4.78, 5) is 2.35. The number of aryl methyl sites for hydroxylation is 1. The zero-order chi connectivity index (χ0) is 17.9. The molecule has 3 heterocycles. The minimum Gasteiger partial charge on any atom is -0.373 e. The molecule has 1 aliphatic heterocycles. The SMILES string of the molecule is Cn1ncc(-c2cn(CC3CN(c4ccccc4)CCO3)nn2)c1CN. The Bertz CT molecular complexity index is 858. The van der Waals surface area contributed by atoms with Gasteiger partial charge in [-0.15, -0.1) is 5.10 Å². The molecule has 26 heavy (non-hydrogen) atoms. The number of benzene rings is 1. The van der Waals surface area contributed by atoms with Crippen molar-refractivity contribution in [1.82, 2.24) is 24.8 Å². The Morgan fingerprint density at radius 1 is 1.27 bits per heavy atom. The number of morpholine rings is 1. The van der Waals surface area contributed by atoms with E-state index in [1.807, 2.05) is 24.0 Å². The first kappa shape index (κ1) is 16.7. The van der Waals surface area contributed by atoms with Gasteiger partial charge in [-0.3, -0.25) is 4.68 Å². The van der Waals surface area contributed by atoms with E-state index in [0.29, 0.717) is 19.7 Å². The molecule has 1 saturated heterocycles. The summed E-state index contributed by atoms with van der Waals surface area (Å²) in [5, 5.41) is 12.8. The van der Waals surface area contributed by atoms with Gasteiger partial charge in [0.25, 0.3) is 0 Å². The van der Waals surface area contributed by atoms with E-state index in [-0.39, 0.29) is 6.10 Å². The van der Waals surface area contributed by atoms with Gasteiger partial charge < -0.3 is 15.4 Å². The lowest BCUT2D eigenvalue weighted by Crippen LogP contribution is -2.44. The maximum atomic E-state index is 5.93. The lowest BCUT2D eigenvalue weighted by Gasteiger charge is -2.34. The number of aromatic nitrogens is 5. The number of hydrogen-bond acceptors (Lipinski definition) is 6. The maximum Gasteiger partial charge on any atom is 0.116 e. The first-order chi connectivity index (χ1) is 12.7. The fourth-order valence-electron chi connectivity index (χ4n) is 3.34. The molecule has 1 unspecified atom stereocenters. The molecule has 3 aromatic rings. The van der Waals surface area contributed by atoms with Crippen molar-refractivity contribution in [2.75, 3.05) is 24.6 Å². The summed E-state index contributed by atoms with van der Waals surface area (Å²) in [5.41, 5.74) is 9.70. The predicted molar refractivity (Wildman–Crippen MR) is 98.5 cm³/mol. The average molecular weight is 353 g/mol. The van der Waals surface area contributed by atoms with Crippen LogP contribution in [0.2, 0.25) is 0 Å². The largest absolute Gasteiger partial charge is 0.373 e. The Labute approximate surface area is 152 Å². The highest BCUT2D eigenvalue weighted by atomic mass is 16.5. The van der Waals surface area contributed by atoms with Crippen molar-refractivity contribution < 1.29 is 4.74 Å². The summed E-state index contributed by atoms with van der Waals surface area (Å²) >= 11 is 0. The topological polar surface area (TPSA) is 87.0 Å². The number of anilines is 1. The highest BCUT2D eigenvalue weighted by Gasteiger charge is 2.22. The van der Waals surface area contributed by atoms with Crippen molar-refractivity contribution in [1.29, 1.82) is 0 Å². The van der Waals surface area contributed by atoms with Gasteiger partial charge in [0, 0.05) is 37.9 Å². The first-order valence-electron chi connectivity index (χ1n) is 8.77. The molecule has 1 aromatic carbocycles. The number of nitrogens with two attached hydrogens (primary N) is 1. The van der Waals surface area contributed by atoms with E-state index in [2.05, 4.69) is 44.6 Å². The molecular formula is C18H23N7O. The van der Waals surface area contributed by atoms with Crippen molar-refractivity contribution >= 4 is 5.69 Å². The quantitative estimate of drug-likeness (QED) is 0.738. The second-order valence-electron chi connectivity index (χ2n) is 6.43. The molecule has 2 N–H and O–H groups in total. The fraction of sp³-hybridized carbons (Fsp3) is 0.389. The van der Waals surface area contributed by atoms with Crippen LogP contribution in [0.3, 0.4) is 0 Å². The molecule has 0 amide bonds. The Hall–Kier alpha value is -2.71. The van der Waals surface area contributed by atoms with E-state index >= 15 is 0 Å². The second kappa shape index (κ2) is 7.27. The van der Waals surface area contributed by atoms with Crippen molar-refractivity contribution in [2.45, 2.75) is 19.2 Å². The van der Waals surface area contributed by atoms with Crippen LogP contribution in [0.1, 0.15) is 5.69 Å². The molecule has 1 aliphatic rings. The molecule has 0 saturated carbocycles. The molecule has 1 fully saturated rings. The van der Waals surface area contributed by atoms with Gasteiger partial charge in [0.2, 0.25) is 0 Å². The van der Waals surface area contributed by atoms with E-state index in [1.54, 1.807) is 10.9 Å². The van der Waals surface area contributed by atoms with Crippen LogP contribution >= 0.6 is 0 Å². The summed E-state index contributed by atoms with van der Waals surface area (Å²) in [7, 11) is 1.88. The number of hydrogen-bond donors (Lipinski definition) is 1. The maximum absolute atomic E-state index is 5.93. The Morgan fingerprint density at radius 3 is 2.92 bits per heavy atom. The number of para-hydroxylation sites is 1. The van der Waals surface area contributed by atoms with E-state index in [0.717, 1.165) is 30.0 Å². The molecule has 4 rings (SSSR count). The van der Waals surface area contributed by atoms with E-state index in [9.17, 15) is 0 Å². The van der Waals surface area contributed by atoms with Gasteiger partial charge in [0.15, 0.2) is 0 Å². The fourth-order valence-corrected chi connectivity index (χ4v) is 3.34. The highest BCUT2D eigenvalue weighted by Crippen LogP contribution is 2.21. The molecule has 1 atom stereocenters. The van der Waals surface area contributed by atoms with Crippen molar-refractivity contribution in [3.63, 3.8) is 0 Å². The Balaban J connectivity index is 1.45. The molecule has 136 valence electrons. The van der Waals surface area contributed by atoms with Crippen LogP contribution in [-0.2, 0) is 24.9 Å². The van der Waals surface area contributed by atoms with Crippen LogP contribution in [0.25, 0.3) is 11.3 Å². The van der Waals surface area contributed by atoms with Crippen LogP contribution in [0.4, 0.5) is 5.69 Å². The number of rotatable bonds is 5. The van der Waals surface area contributed by atoms with Crippen molar-refractivity contribution in [2.24, 2.45) is 12.8 Å². The summed E-state index contributed by atoms with van der Waals surface area (Å²) < 4.78 is 9.54. The van der Waals surface area contributed by atoms with Gasteiger partial charge in [-0.2, -0.15) is 5.10 Å². The monoisotopic (exact) mass is 353 g/mol. The minimum atomic E-state index is 0.0707. The summed E-state index contributed by atoms with van der Waals surface area (Å²) in [6.45, 7) is 3.52. The van der Waals surface area contributed by atoms with E-state index < -0.39 is 0 Å². The molecule has 8 nitrogen and oxygen atoms in total. The van der Waals surface area contributed by atoms with Crippen LogP contribution < -0.4 is 10.6 Å². The number of ether oxygens (including phenoxy) is 1. The normalized spacial score (nSPS) is 17.6. The third-order valence-electron chi connectivity index (χ3n) is 4.72. The van der Waals surface area contributed by atoms with Crippen LogP contribution in [0.5, 0.6) is 0 Å². The minimum absolute atomic E-state index is 0.0707. The first-order valence-corrected chi connectivity index (χ1v) is 8.77. The van der Waals surface area contributed by atoms with Crippen LogP contribution in [-0.4, -0.2) is 50.6 Å². The summed E-state index contributed by atoms with van der Waals surface area (Å²) in [6, 6.07) is 10.4. The summed E-state index contributed by atoms with van der Waals surface area (Å²) in [5.74, 6) is 0. The third-order valence-corrected chi connectivity index (χ3v) is 4.72. The van der Waals surface area contributed by atoms with Gasteiger partial charge in [-0.25, -0.2) is 4.68 Å². The molecule has 8 heteroatoms. The van der Waals surface area contributed by atoms with Crippen LogP contribution in [0.15, 0.2) is 42.7 Å². The zero-order valence-corrected chi connectivity index (χ0v) is 14.8. The Morgan fingerprint density at radius 2 is 2.12 bits per heavy atom. The molecular weight excluding hydrogens is 330 g/mol. The zero-order valence-electron chi connectivity index (χ0n) is 14.8.